The number of carbonyl (C=O) groups excluding carboxylic acids is 1. The molecule has 33 heavy (non-hydrogen) atoms. The Morgan fingerprint density at radius 3 is 2.58 bits per heavy atom. The van der Waals surface area contributed by atoms with Crippen LogP contribution in [0.1, 0.15) is 31.0 Å². The zero-order valence-electron chi connectivity index (χ0n) is 18.5. The fraction of sp³-hybridized carbons (Fsp3) is 0.409. The Balaban J connectivity index is 0.00000385. The molecule has 1 amide bonds. The van der Waals surface area contributed by atoms with Crippen LogP contribution in [0.3, 0.4) is 0 Å². The minimum absolute atomic E-state index is 0. The number of benzene rings is 1. The minimum Gasteiger partial charge on any atom is -0.450 e. The Kier molecular flexibility index (Phi) is 10.8. The maximum atomic E-state index is 11.9. The number of nitro groups is 1. The van der Waals surface area contributed by atoms with Gasteiger partial charge < -0.3 is 20.3 Å². The third-order valence-electron chi connectivity index (χ3n) is 5.09. The number of piperidine rings is 1. The average molecular weight is 568 g/mol. The van der Waals surface area contributed by atoms with Gasteiger partial charge in [0, 0.05) is 37.5 Å². The highest BCUT2D eigenvalue weighted by Gasteiger charge is 2.24. The first-order valence-corrected chi connectivity index (χ1v) is 10.6. The second kappa shape index (κ2) is 13.6. The van der Waals surface area contributed by atoms with E-state index in [1.54, 1.807) is 30.2 Å². The van der Waals surface area contributed by atoms with Crippen LogP contribution in [0.25, 0.3) is 0 Å². The van der Waals surface area contributed by atoms with Gasteiger partial charge in [-0.2, -0.15) is 0 Å². The molecule has 0 aliphatic carbocycles. The van der Waals surface area contributed by atoms with Gasteiger partial charge in [0.25, 0.3) is 5.69 Å². The van der Waals surface area contributed by atoms with Crippen molar-refractivity contribution in [2.24, 2.45) is 4.99 Å². The van der Waals surface area contributed by atoms with Crippen molar-refractivity contribution in [2.75, 3.05) is 19.7 Å². The summed E-state index contributed by atoms with van der Waals surface area (Å²) in [6.45, 7) is 4.28. The molecule has 178 valence electrons. The SMILES string of the molecule is CCOC(=O)N1CCC(NC(=NCc2ccc([N+](=O)[O-])cc2)NCc2ccccn2)CC1.I. The number of pyridine rings is 1. The zero-order valence-corrected chi connectivity index (χ0v) is 20.8. The Labute approximate surface area is 210 Å². The highest BCUT2D eigenvalue weighted by atomic mass is 127. The van der Waals surface area contributed by atoms with Crippen molar-refractivity contribution in [1.29, 1.82) is 0 Å². The van der Waals surface area contributed by atoms with Gasteiger partial charge in [-0.1, -0.05) is 18.2 Å². The van der Waals surface area contributed by atoms with Gasteiger partial charge in [0.05, 0.1) is 30.3 Å². The maximum absolute atomic E-state index is 11.9. The summed E-state index contributed by atoms with van der Waals surface area (Å²) < 4.78 is 5.08. The van der Waals surface area contributed by atoms with Gasteiger partial charge >= 0.3 is 6.09 Å². The number of aliphatic imine (C=N–C) groups is 1. The van der Waals surface area contributed by atoms with Crippen LogP contribution in [0.4, 0.5) is 10.5 Å². The first-order chi connectivity index (χ1) is 15.5. The molecule has 10 nitrogen and oxygen atoms in total. The monoisotopic (exact) mass is 568 g/mol. The number of hydrogen-bond acceptors (Lipinski definition) is 6. The molecule has 0 spiro atoms. The van der Waals surface area contributed by atoms with E-state index >= 15 is 0 Å². The van der Waals surface area contributed by atoms with Gasteiger partial charge in [0.2, 0.25) is 0 Å². The summed E-state index contributed by atoms with van der Waals surface area (Å²) in [6.07, 6.45) is 3.02. The molecule has 0 bridgehead atoms. The van der Waals surface area contributed by atoms with Gasteiger partial charge in [-0.25, -0.2) is 9.79 Å². The molecule has 2 heterocycles. The number of rotatable bonds is 7. The second-order valence-corrected chi connectivity index (χ2v) is 7.37. The summed E-state index contributed by atoms with van der Waals surface area (Å²) in [4.78, 5) is 33.0. The number of non-ortho nitro benzene ring substituents is 1. The van der Waals surface area contributed by atoms with Crippen molar-refractivity contribution in [2.45, 2.75) is 38.9 Å². The normalized spacial score (nSPS) is 14.2. The number of amides is 1. The van der Waals surface area contributed by atoms with E-state index in [1.807, 2.05) is 18.2 Å². The summed E-state index contributed by atoms with van der Waals surface area (Å²) in [5.74, 6) is 0.628. The summed E-state index contributed by atoms with van der Waals surface area (Å²) in [5, 5.41) is 17.6. The molecule has 2 aromatic rings. The van der Waals surface area contributed by atoms with E-state index in [0.29, 0.717) is 38.7 Å². The van der Waals surface area contributed by atoms with E-state index in [4.69, 9.17) is 4.74 Å². The lowest BCUT2D eigenvalue weighted by molar-refractivity contribution is -0.384. The quantitative estimate of drug-likeness (QED) is 0.173. The lowest BCUT2D eigenvalue weighted by Crippen LogP contribution is -2.49. The van der Waals surface area contributed by atoms with E-state index in [1.165, 1.54) is 12.1 Å². The number of likely N-dealkylation sites (tertiary alicyclic amines) is 1. The first-order valence-electron chi connectivity index (χ1n) is 10.6. The Bertz CT molecular complexity index is 918. The molecule has 1 fully saturated rings. The van der Waals surface area contributed by atoms with Crippen LogP contribution < -0.4 is 10.6 Å². The fourth-order valence-electron chi connectivity index (χ4n) is 3.34. The molecule has 1 aliphatic heterocycles. The van der Waals surface area contributed by atoms with Gasteiger partial charge in [-0.3, -0.25) is 15.1 Å². The Hall–Kier alpha value is -2.96. The molecular weight excluding hydrogens is 539 g/mol. The van der Waals surface area contributed by atoms with Crippen LogP contribution in [0.2, 0.25) is 0 Å². The van der Waals surface area contributed by atoms with Gasteiger partial charge in [0.1, 0.15) is 0 Å². The lowest BCUT2D eigenvalue weighted by atomic mass is 10.1. The van der Waals surface area contributed by atoms with Gasteiger partial charge in [0.15, 0.2) is 5.96 Å². The number of ether oxygens (including phenoxy) is 1. The van der Waals surface area contributed by atoms with E-state index in [0.717, 1.165) is 24.1 Å². The topological polar surface area (TPSA) is 122 Å². The first kappa shape index (κ1) is 26.3. The second-order valence-electron chi connectivity index (χ2n) is 7.37. The summed E-state index contributed by atoms with van der Waals surface area (Å²) >= 11 is 0. The number of halogens is 1. The molecule has 0 saturated carbocycles. The Morgan fingerprint density at radius 1 is 1.24 bits per heavy atom. The van der Waals surface area contributed by atoms with Crippen LogP contribution in [-0.4, -0.2) is 52.6 Å². The minimum atomic E-state index is -0.420. The van der Waals surface area contributed by atoms with E-state index in [-0.39, 0.29) is 41.8 Å². The predicted octanol–water partition coefficient (Wildman–Crippen LogP) is 3.46. The lowest BCUT2D eigenvalue weighted by Gasteiger charge is -2.32. The van der Waals surface area contributed by atoms with Crippen molar-refractivity contribution in [3.63, 3.8) is 0 Å². The molecule has 0 atom stereocenters. The maximum Gasteiger partial charge on any atom is 0.409 e. The van der Waals surface area contributed by atoms with Crippen molar-refractivity contribution in [1.82, 2.24) is 20.5 Å². The Morgan fingerprint density at radius 2 is 1.97 bits per heavy atom. The third-order valence-corrected chi connectivity index (χ3v) is 5.09. The number of guanidine groups is 1. The van der Waals surface area contributed by atoms with E-state index in [2.05, 4.69) is 20.6 Å². The van der Waals surface area contributed by atoms with Crippen molar-refractivity contribution >= 4 is 41.7 Å². The molecule has 1 aromatic heterocycles. The molecule has 1 aromatic carbocycles. The van der Waals surface area contributed by atoms with Crippen LogP contribution in [0, 0.1) is 10.1 Å². The summed E-state index contributed by atoms with van der Waals surface area (Å²) in [7, 11) is 0. The molecule has 0 unspecified atom stereocenters. The summed E-state index contributed by atoms with van der Waals surface area (Å²) in [5.41, 5.74) is 1.80. The van der Waals surface area contributed by atoms with Crippen LogP contribution >= 0.6 is 24.0 Å². The standard InChI is InChI=1S/C22H28N6O4.HI/c1-2-32-22(29)27-13-10-18(11-14-27)26-21(25-16-19-5-3-4-12-23-19)24-15-17-6-8-20(9-7-17)28(30)31;/h3-9,12,18H,2,10-11,13-16H2,1H3,(H2,24,25,26);1H. The van der Waals surface area contributed by atoms with E-state index in [9.17, 15) is 14.9 Å². The van der Waals surface area contributed by atoms with Crippen molar-refractivity contribution in [3.05, 3.63) is 70.0 Å². The number of nitrogens with one attached hydrogen (secondary N) is 2. The van der Waals surface area contributed by atoms with Crippen LogP contribution in [-0.2, 0) is 17.8 Å². The molecule has 1 saturated heterocycles. The van der Waals surface area contributed by atoms with E-state index < -0.39 is 4.92 Å². The van der Waals surface area contributed by atoms with Gasteiger partial charge in [-0.15, -0.1) is 24.0 Å². The van der Waals surface area contributed by atoms with Crippen molar-refractivity contribution < 1.29 is 14.5 Å². The molecule has 1 aliphatic rings. The summed E-state index contributed by atoms with van der Waals surface area (Å²) in [6, 6.07) is 12.2. The van der Waals surface area contributed by atoms with Crippen molar-refractivity contribution in [3.8, 4) is 0 Å². The average Bonchev–Trinajstić information content (AvgIpc) is 2.82. The number of carbonyl (C=O) groups is 1. The number of nitrogens with zero attached hydrogens (tertiary/aromatic N) is 4. The van der Waals surface area contributed by atoms with Crippen LogP contribution in [0.5, 0.6) is 0 Å². The third kappa shape index (κ3) is 8.48. The number of aromatic nitrogens is 1. The number of hydrogen-bond donors (Lipinski definition) is 2. The molecule has 0 radical (unpaired) electrons. The zero-order chi connectivity index (χ0) is 22.8. The predicted molar refractivity (Wildman–Crippen MR) is 135 cm³/mol. The highest BCUT2D eigenvalue weighted by molar-refractivity contribution is 14.0. The molecule has 2 N–H and O–H groups in total. The highest BCUT2D eigenvalue weighted by Crippen LogP contribution is 2.14. The van der Waals surface area contributed by atoms with Gasteiger partial charge in [-0.05, 0) is 37.5 Å². The smallest absolute Gasteiger partial charge is 0.409 e. The largest absolute Gasteiger partial charge is 0.450 e. The molecule has 3 rings (SSSR count). The number of nitro benzene ring substituents is 1. The molecule has 11 heteroatoms. The molecular formula is C22H29IN6O4. The fourth-order valence-corrected chi connectivity index (χ4v) is 3.34. The van der Waals surface area contributed by atoms with Crippen LogP contribution in [0.15, 0.2) is 53.7 Å².